The molecule has 0 aliphatic carbocycles. The molecule has 0 saturated carbocycles. The van der Waals surface area contributed by atoms with Crippen LogP contribution in [0.3, 0.4) is 0 Å². The van der Waals surface area contributed by atoms with E-state index in [0.29, 0.717) is 43.2 Å². The molecule has 3 aliphatic rings. The van der Waals surface area contributed by atoms with Gasteiger partial charge in [-0.1, -0.05) is 18.2 Å². The Bertz CT molecular complexity index is 1300. The number of hydrogen-bond acceptors (Lipinski definition) is 7. The summed E-state index contributed by atoms with van der Waals surface area (Å²) in [5.41, 5.74) is 1.94. The van der Waals surface area contributed by atoms with Crippen molar-refractivity contribution in [2.45, 2.75) is 25.6 Å². The molecule has 0 bridgehead atoms. The number of fused-ring (bicyclic) bond motifs is 2. The lowest BCUT2D eigenvalue weighted by Gasteiger charge is -2.42. The Morgan fingerprint density at radius 3 is 2.46 bits per heavy atom. The number of urea groups is 1. The van der Waals surface area contributed by atoms with Gasteiger partial charge >= 0.3 is 12.1 Å². The lowest BCUT2D eigenvalue weighted by Crippen LogP contribution is -2.61. The van der Waals surface area contributed by atoms with E-state index in [0.717, 1.165) is 10.5 Å². The van der Waals surface area contributed by atoms with Crippen LogP contribution in [0.1, 0.15) is 20.3 Å². The van der Waals surface area contributed by atoms with Crippen LogP contribution in [0.4, 0.5) is 21.0 Å². The third-order valence-corrected chi connectivity index (χ3v) is 8.25. The first-order valence-corrected chi connectivity index (χ1v) is 13.8. The molecule has 1 fully saturated rings. The van der Waals surface area contributed by atoms with Crippen molar-refractivity contribution in [1.29, 1.82) is 0 Å². The highest BCUT2D eigenvalue weighted by molar-refractivity contribution is 8.04. The first-order chi connectivity index (χ1) is 18.9. The molecule has 2 unspecified atom stereocenters. The summed E-state index contributed by atoms with van der Waals surface area (Å²) in [5, 5.41) is 2.26. The third kappa shape index (κ3) is 5.31. The number of imide groups is 1. The zero-order valence-corrected chi connectivity index (χ0v) is 22.6. The van der Waals surface area contributed by atoms with E-state index in [1.165, 1.54) is 21.6 Å². The van der Waals surface area contributed by atoms with Crippen LogP contribution in [-0.4, -0.2) is 72.0 Å². The zero-order valence-electron chi connectivity index (χ0n) is 21.8. The number of anilines is 2. The van der Waals surface area contributed by atoms with E-state index in [-0.39, 0.29) is 25.0 Å². The molecule has 0 spiro atoms. The summed E-state index contributed by atoms with van der Waals surface area (Å²) in [6.45, 7) is 4.95. The molecule has 3 aliphatic heterocycles. The van der Waals surface area contributed by atoms with Crippen molar-refractivity contribution in [3.8, 4) is 5.75 Å². The predicted molar refractivity (Wildman–Crippen MR) is 147 cm³/mol. The Labute approximate surface area is 230 Å². The minimum Gasteiger partial charge on any atom is -0.494 e. The van der Waals surface area contributed by atoms with E-state index in [2.05, 4.69) is 5.32 Å². The van der Waals surface area contributed by atoms with Crippen LogP contribution in [0.2, 0.25) is 0 Å². The van der Waals surface area contributed by atoms with Gasteiger partial charge in [-0.15, -0.1) is 11.8 Å². The van der Waals surface area contributed by atoms with Gasteiger partial charge in [0.05, 0.1) is 36.7 Å². The van der Waals surface area contributed by atoms with Crippen molar-refractivity contribution >= 4 is 47.1 Å². The molecule has 11 heteroatoms. The van der Waals surface area contributed by atoms with Gasteiger partial charge in [0.1, 0.15) is 12.3 Å². The number of benzene rings is 2. The number of hydrogen-bond donors (Lipinski definition) is 1. The number of thioether (sulfide) groups is 1. The number of rotatable bonds is 7. The molecule has 39 heavy (non-hydrogen) atoms. The van der Waals surface area contributed by atoms with Crippen LogP contribution < -0.4 is 15.0 Å². The van der Waals surface area contributed by atoms with Gasteiger partial charge in [-0.05, 0) is 62.2 Å². The van der Waals surface area contributed by atoms with E-state index >= 15 is 0 Å². The minimum atomic E-state index is -0.606. The molecule has 204 valence electrons. The highest BCUT2D eigenvalue weighted by Gasteiger charge is 2.54. The summed E-state index contributed by atoms with van der Waals surface area (Å²) < 4.78 is 10.6. The Hall–Kier alpha value is -3.99. The third-order valence-electron chi connectivity index (χ3n) is 6.80. The molecule has 0 radical (unpaired) electrons. The van der Waals surface area contributed by atoms with Crippen molar-refractivity contribution in [1.82, 2.24) is 9.80 Å². The maximum absolute atomic E-state index is 13.8. The van der Waals surface area contributed by atoms with E-state index in [4.69, 9.17) is 9.47 Å². The summed E-state index contributed by atoms with van der Waals surface area (Å²) in [7, 11) is 0. The van der Waals surface area contributed by atoms with Crippen LogP contribution in [0.5, 0.6) is 5.75 Å². The van der Waals surface area contributed by atoms with Crippen molar-refractivity contribution < 1.29 is 28.7 Å². The van der Waals surface area contributed by atoms with Crippen LogP contribution >= 0.6 is 11.8 Å². The van der Waals surface area contributed by atoms with Crippen LogP contribution in [0, 0.1) is 5.92 Å². The predicted octanol–water partition coefficient (Wildman–Crippen LogP) is 4.30. The average Bonchev–Trinajstić information content (AvgIpc) is 3.32. The zero-order chi connectivity index (χ0) is 27.5. The average molecular weight is 551 g/mol. The molecular weight excluding hydrogens is 520 g/mol. The topological polar surface area (TPSA) is 108 Å². The SMILES string of the molecule is CCOC(=O)N1CCC2=C(C1)SC1C2C(=O)N(c2ccccc2)C(=O)N1CC(=O)Nc1ccc(OCC)cc1. The normalized spacial score (nSPS) is 20.5. The standard InChI is InChI=1S/C28H30N4O6S/c1-3-37-20-12-10-18(11-13-20)29-23(33)17-31-26-24(25(34)32(27(31)35)19-8-6-5-7-9-19)21-14-15-30(16-22(21)39-26)28(36)38-4-2/h5-13,24,26H,3-4,14-17H2,1-2H3,(H,29,33). The molecule has 5 rings (SSSR count). The highest BCUT2D eigenvalue weighted by Crippen LogP contribution is 2.50. The van der Waals surface area contributed by atoms with Crippen LogP contribution in [0.15, 0.2) is 65.1 Å². The fraction of sp³-hybridized carbons (Fsp3) is 0.357. The van der Waals surface area contributed by atoms with Crippen molar-refractivity contribution in [2.75, 3.05) is 43.1 Å². The molecule has 1 N–H and O–H groups in total. The number of carbonyl (C=O) groups excluding carboxylic acids is 4. The van der Waals surface area contributed by atoms with Crippen molar-refractivity contribution in [3.05, 3.63) is 65.1 Å². The lowest BCUT2D eigenvalue weighted by atomic mass is 9.90. The maximum atomic E-state index is 13.8. The fourth-order valence-corrected chi connectivity index (χ4v) is 6.67. The van der Waals surface area contributed by atoms with Gasteiger partial charge in [0.15, 0.2) is 0 Å². The van der Waals surface area contributed by atoms with E-state index in [1.54, 1.807) is 60.4 Å². The van der Waals surface area contributed by atoms with Gasteiger partial charge in [-0.25, -0.2) is 14.5 Å². The molecule has 5 amide bonds. The lowest BCUT2D eigenvalue weighted by molar-refractivity contribution is -0.124. The Morgan fingerprint density at radius 2 is 1.77 bits per heavy atom. The van der Waals surface area contributed by atoms with Gasteiger partial charge in [0, 0.05) is 17.1 Å². The second-order valence-electron chi connectivity index (χ2n) is 9.23. The van der Waals surface area contributed by atoms with Crippen LogP contribution in [0.25, 0.3) is 0 Å². The van der Waals surface area contributed by atoms with Gasteiger partial charge in [-0.2, -0.15) is 0 Å². The molecular formula is C28H30N4O6S. The summed E-state index contributed by atoms with van der Waals surface area (Å²) in [6, 6.07) is 15.2. The quantitative estimate of drug-likeness (QED) is 0.548. The number of carbonyl (C=O) groups is 4. The molecule has 1 saturated heterocycles. The van der Waals surface area contributed by atoms with E-state index in [1.807, 2.05) is 13.0 Å². The molecule has 0 aromatic heterocycles. The second-order valence-corrected chi connectivity index (χ2v) is 10.4. The van der Waals surface area contributed by atoms with Gasteiger partial charge < -0.3 is 24.6 Å². The highest BCUT2D eigenvalue weighted by atomic mass is 32.2. The molecule has 3 heterocycles. The summed E-state index contributed by atoms with van der Waals surface area (Å²) >= 11 is 1.38. The number of nitrogens with one attached hydrogen (secondary N) is 1. The van der Waals surface area contributed by atoms with E-state index in [9.17, 15) is 19.2 Å². The summed E-state index contributed by atoms with van der Waals surface area (Å²) in [6.07, 6.45) is 0.0938. The van der Waals surface area contributed by atoms with Gasteiger partial charge in [0.2, 0.25) is 11.8 Å². The van der Waals surface area contributed by atoms with Crippen molar-refractivity contribution in [3.63, 3.8) is 0 Å². The number of para-hydroxylation sites is 1. The monoisotopic (exact) mass is 550 g/mol. The first-order valence-electron chi connectivity index (χ1n) is 12.9. The second kappa shape index (κ2) is 11.4. The molecule has 2 atom stereocenters. The molecule has 2 aromatic carbocycles. The number of ether oxygens (including phenoxy) is 2. The maximum Gasteiger partial charge on any atom is 0.410 e. The van der Waals surface area contributed by atoms with E-state index < -0.39 is 23.4 Å². The molecule has 10 nitrogen and oxygen atoms in total. The Balaban J connectivity index is 1.40. The largest absolute Gasteiger partial charge is 0.494 e. The summed E-state index contributed by atoms with van der Waals surface area (Å²) in [4.78, 5) is 58.2. The minimum absolute atomic E-state index is 0.237. The Kier molecular flexibility index (Phi) is 7.78. The number of amides is 5. The van der Waals surface area contributed by atoms with Gasteiger partial charge in [-0.3, -0.25) is 9.59 Å². The van der Waals surface area contributed by atoms with Crippen molar-refractivity contribution in [2.24, 2.45) is 5.92 Å². The number of nitrogens with zero attached hydrogens (tertiary/aromatic N) is 3. The van der Waals surface area contributed by atoms with Crippen LogP contribution in [-0.2, 0) is 14.3 Å². The van der Waals surface area contributed by atoms with Gasteiger partial charge in [0.25, 0.3) is 0 Å². The fourth-order valence-electron chi connectivity index (χ4n) is 5.06. The molecule has 2 aromatic rings. The Morgan fingerprint density at radius 1 is 1.03 bits per heavy atom. The summed E-state index contributed by atoms with van der Waals surface area (Å²) in [5.74, 6) is -0.614. The first kappa shape index (κ1) is 26.6. The smallest absolute Gasteiger partial charge is 0.410 e.